The summed E-state index contributed by atoms with van der Waals surface area (Å²) >= 11 is 12.4. The fourth-order valence-corrected chi connectivity index (χ4v) is 2.41. The first-order valence-electron chi connectivity index (χ1n) is 6.44. The van der Waals surface area contributed by atoms with Gasteiger partial charge in [-0.3, -0.25) is 9.99 Å². The minimum absolute atomic E-state index is 0.0935. The van der Waals surface area contributed by atoms with Gasteiger partial charge in [0.1, 0.15) is 0 Å². The van der Waals surface area contributed by atoms with E-state index in [0.717, 1.165) is 0 Å². The van der Waals surface area contributed by atoms with Crippen LogP contribution < -0.4 is 16.5 Å². The van der Waals surface area contributed by atoms with Gasteiger partial charge in [0.15, 0.2) is 5.82 Å². The van der Waals surface area contributed by atoms with Gasteiger partial charge in [-0.05, 0) is 19.1 Å². The molecule has 0 saturated carbocycles. The predicted molar refractivity (Wildman–Crippen MR) is 87.9 cm³/mol. The Bertz CT molecular complexity index is 762. The molecule has 6 nitrogen and oxygen atoms in total. The molecular weight excluding hydrogens is 325 g/mol. The van der Waals surface area contributed by atoms with Crippen molar-refractivity contribution in [3.8, 4) is 23.7 Å². The fraction of sp³-hybridized carbons (Fsp3) is 0.214. The van der Waals surface area contributed by atoms with Crippen molar-refractivity contribution in [1.82, 2.24) is 20.0 Å². The van der Waals surface area contributed by atoms with Crippen molar-refractivity contribution in [1.29, 1.82) is 0 Å². The third-order valence-electron chi connectivity index (χ3n) is 2.79. The van der Waals surface area contributed by atoms with Crippen LogP contribution in [-0.4, -0.2) is 21.1 Å². The molecule has 0 aliphatic carbocycles. The molecule has 0 aliphatic heterocycles. The van der Waals surface area contributed by atoms with Crippen LogP contribution in [0.1, 0.15) is 6.92 Å². The molecule has 114 valence electrons. The van der Waals surface area contributed by atoms with Crippen molar-refractivity contribution < 1.29 is 0 Å². The SMILES string of the molecule is C#CCNNc1nc(-c2c(Cl)cccc2Cl)n(CC)c(=O)n1. The molecule has 0 atom stereocenters. The van der Waals surface area contributed by atoms with E-state index in [2.05, 4.69) is 26.7 Å². The van der Waals surface area contributed by atoms with Crippen LogP contribution in [0.15, 0.2) is 23.0 Å². The van der Waals surface area contributed by atoms with Crippen molar-refractivity contribution in [3.05, 3.63) is 38.7 Å². The van der Waals surface area contributed by atoms with Crippen LogP contribution in [0.3, 0.4) is 0 Å². The zero-order chi connectivity index (χ0) is 16.1. The van der Waals surface area contributed by atoms with E-state index >= 15 is 0 Å². The van der Waals surface area contributed by atoms with Crippen molar-refractivity contribution in [2.45, 2.75) is 13.5 Å². The summed E-state index contributed by atoms with van der Waals surface area (Å²) in [5.74, 6) is 2.81. The maximum atomic E-state index is 12.1. The van der Waals surface area contributed by atoms with Crippen LogP contribution >= 0.6 is 23.2 Å². The van der Waals surface area contributed by atoms with Crippen molar-refractivity contribution in [3.63, 3.8) is 0 Å². The zero-order valence-corrected chi connectivity index (χ0v) is 13.2. The third kappa shape index (κ3) is 3.39. The van der Waals surface area contributed by atoms with Gasteiger partial charge in [-0.15, -0.1) is 6.42 Å². The molecule has 0 radical (unpaired) electrons. The largest absolute Gasteiger partial charge is 0.352 e. The molecule has 22 heavy (non-hydrogen) atoms. The summed E-state index contributed by atoms with van der Waals surface area (Å²) in [4.78, 5) is 20.3. The Labute approximate surface area is 137 Å². The van der Waals surface area contributed by atoms with E-state index in [1.807, 2.05) is 6.92 Å². The monoisotopic (exact) mass is 337 g/mol. The molecule has 0 spiro atoms. The van der Waals surface area contributed by atoms with Gasteiger partial charge in [0.2, 0.25) is 5.95 Å². The molecule has 0 amide bonds. The number of hydrogen-bond donors (Lipinski definition) is 2. The number of rotatable bonds is 5. The van der Waals surface area contributed by atoms with Gasteiger partial charge in [0.05, 0.1) is 22.2 Å². The number of hydrogen-bond acceptors (Lipinski definition) is 5. The van der Waals surface area contributed by atoms with Gasteiger partial charge >= 0.3 is 5.69 Å². The Morgan fingerprint density at radius 3 is 2.59 bits per heavy atom. The number of nitrogens with zero attached hydrogens (tertiary/aromatic N) is 3. The van der Waals surface area contributed by atoms with Gasteiger partial charge in [0.25, 0.3) is 0 Å². The van der Waals surface area contributed by atoms with Gasteiger partial charge in [0, 0.05) is 6.54 Å². The van der Waals surface area contributed by atoms with Crippen LogP contribution in [-0.2, 0) is 6.54 Å². The molecule has 0 unspecified atom stereocenters. The second kappa shape index (κ2) is 7.27. The van der Waals surface area contributed by atoms with E-state index in [1.54, 1.807) is 18.2 Å². The van der Waals surface area contributed by atoms with Crippen LogP contribution in [0.25, 0.3) is 11.4 Å². The van der Waals surface area contributed by atoms with E-state index < -0.39 is 5.69 Å². The third-order valence-corrected chi connectivity index (χ3v) is 3.42. The first kappa shape index (κ1) is 16.3. The van der Waals surface area contributed by atoms with Crippen LogP contribution in [0, 0.1) is 12.3 Å². The number of aromatic nitrogens is 3. The molecule has 0 bridgehead atoms. The lowest BCUT2D eigenvalue weighted by atomic mass is 10.2. The summed E-state index contributed by atoms with van der Waals surface area (Å²) in [6, 6.07) is 5.08. The Balaban J connectivity index is 2.58. The maximum absolute atomic E-state index is 12.1. The summed E-state index contributed by atoms with van der Waals surface area (Å²) in [6.45, 7) is 2.44. The maximum Gasteiger partial charge on any atom is 0.352 e. The van der Waals surface area contributed by atoms with E-state index in [1.165, 1.54) is 4.57 Å². The molecule has 1 heterocycles. The van der Waals surface area contributed by atoms with Crippen LogP contribution in [0.4, 0.5) is 5.95 Å². The van der Waals surface area contributed by atoms with Crippen molar-refractivity contribution in [2.75, 3.05) is 12.0 Å². The van der Waals surface area contributed by atoms with Gasteiger partial charge in [-0.25, -0.2) is 10.2 Å². The molecule has 0 fully saturated rings. The zero-order valence-electron chi connectivity index (χ0n) is 11.7. The van der Waals surface area contributed by atoms with Gasteiger partial charge < -0.3 is 0 Å². The molecule has 2 rings (SSSR count). The Morgan fingerprint density at radius 2 is 2.00 bits per heavy atom. The number of hydrazine groups is 1. The lowest BCUT2D eigenvalue weighted by molar-refractivity contribution is 0.683. The molecule has 0 aliphatic rings. The first-order valence-corrected chi connectivity index (χ1v) is 7.19. The van der Waals surface area contributed by atoms with Gasteiger partial charge in [-0.1, -0.05) is 35.2 Å². The molecule has 0 saturated heterocycles. The normalized spacial score (nSPS) is 10.3. The average Bonchev–Trinajstić information content (AvgIpc) is 2.47. The van der Waals surface area contributed by atoms with Crippen molar-refractivity contribution >= 4 is 29.2 Å². The summed E-state index contributed by atoms with van der Waals surface area (Å²) in [5, 5.41) is 0.797. The van der Waals surface area contributed by atoms with Crippen LogP contribution in [0.2, 0.25) is 10.0 Å². The molecule has 1 aromatic carbocycles. The number of benzene rings is 1. The smallest absolute Gasteiger partial charge is 0.289 e. The van der Waals surface area contributed by atoms with E-state index in [9.17, 15) is 4.79 Å². The first-order chi connectivity index (χ1) is 10.6. The topological polar surface area (TPSA) is 71.8 Å². The summed E-state index contributed by atoms with van der Waals surface area (Å²) in [6.07, 6.45) is 5.13. The number of nitrogens with one attached hydrogen (secondary N) is 2. The average molecular weight is 338 g/mol. The highest BCUT2D eigenvalue weighted by molar-refractivity contribution is 6.39. The second-order valence-electron chi connectivity index (χ2n) is 4.18. The highest BCUT2D eigenvalue weighted by Crippen LogP contribution is 2.33. The molecule has 2 aromatic rings. The lowest BCUT2D eigenvalue weighted by Crippen LogP contribution is -2.30. The number of halogens is 2. The Hall–Kier alpha value is -2.07. The predicted octanol–water partition coefficient (Wildman–Crippen LogP) is 2.18. The van der Waals surface area contributed by atoms with E-state index in [0.29, 0.717) is 28.0 Å². The second-order valence-corrected chi connectivity index (χ2v) is 4.99. The highest BCUT2D eigenvalue weighted by Gasteiger charge is 2.16. The quantitative estimate of drug-likeness (QED) is 0.497. The summed E-state index contributed by atoms with van der Waals surface area (Å²) in [5.41, 5.74) is 5.39. The molecule has 8 heteroatoms. The minimum atomic E-state index is -0.464. The number of terminal acetylenes is 1. The fourth-order valence-electron chi connectivity index (χ4n) is 1.84. The van der Waals surface area contributed by atoms with Crippen molar-refractivity contribution in [2.24, 2.45) is 0 Å². The van der Waals surface area contributed by atoms with E-state index in [4.69, 9.17) is 29.6 Å². The van der Waals surface area contributed by atoms with E-state index in [-0.39, 0.29) is 12.5 Å². The minimum Gasteiger partial charge on any atom is -0.289 e. The Kier molecular flexibility index (Phi) is 5.39. The summed E-state index contributed by atoms with van der Waals surface area (Å²) in [7, 11) is 0. The molecular formula is C14H13Cl2N5O. The lowest BCUT2D eigenvalue weighted by Gasteiger charge is -2.13. The molecule has 1 aromatic heterocycles. The Morgan fingerprint density at radius 1 is 1.32 bits per heavy atom. The highest BCUT2D eigenvalue weighted by atomic mass is 35.5. The number of anilines is 1. The standard InChI is InChI=1S/C14H13Cl2N5O/c1-3-8-17-20-13-18-12(21(4-2)14(22)19-13)11-9(15)6-5-7-10(11)16/h1,5-7,17H,4,8H2,2H3,(H,19,20,22). The van der Waals surface area contributed by atoms with Gasteiger partial charge in [-0.2, -0.15) is 9.97 Å². The summed E-state index contributed by atoms with van der Waals surface area (Å²) < 4.78 is 1.39. The van der Waals surface area contributed by atoms with Crippen LogP contribution in [0.5, 0.6) is 0 Å². The molecule has 2 N–H and O–H groups in total.